The van der Waals surface area contributed by atoms with Crippen molar-refractivity contribution in [2.75, 3.05) is 28.5 Å². The van der Waals surface area contributed by atoms with Gasteiger partial charge in [-0.25, -0.2) is 8.42 Å². The number of amides is 1. The zero-order valence-corrected chi connectivity index (χ0v) is 16.4. The standard InChI is InChI=1S/C20H24N2O4S/c1-3-27(24,25)22-12-4-5-16-13-17(8-11-19(16)22)21-20(23)14-26-18-9-6-15(2)7-10-18/h6-11,13H,3-5,12,14H2,1-2H3,(H,21,23). The predicted octanol–water partition coefficient (Wildman–Crippen LogP) is 3.11. The number of carbonyl (C=O) groups is 1. The minimum Gasteiger partial charge on any atom is -0.484 e. The number of rotatable bonds is 6. The molecule has 2 aromatic rings. The predicted molar refractivity (Wildman–Crippen MR) is 107 cm³/mol. The summed E-state index contributed by atoms with van der Waals surface area (Å²) in [5, 5.41) is 2.81. The van der Waals surface area contributed by atoms with E-state index in [4.69, 9.17) is 4.74 Å². The molecule has 0 saturated heterocycles. The molecule has 2 aromatic carbocycles. The van der Waals surface area contributed by atoms with Crippen LogP contribution in [0.1, 0.15) is 24.5 Å². The van der Waals surface area contributed by atoms with E-state index in [1.807, 2.05) is 37.3 Å². The van der Waals surface area contributed by atoms with Crippen LogP contribution in [0.2, 0.25) is 0 Å². The number of carbonyl (C=O) groups excluding carboxylic acids is 1. The van der Waals surface area contributed by atoms with Crippen LogP contribution >= 0.6 is 0 Å². The van der Waals surface area contributed by atoms with Gasteiger partial charge in [0.05, 0.1) is 11.4 Å². The molecule has 0 saturated carbocycles. The van der Waals surface area contributed by atoms with Gasteiger partial charge in [-0.3, -0.25) is 9.10 Å². The molecule has 1 aliphatic rings. The van der Waals surface area contributed by atoms with Crippen LogP contribution in [0.5, 0.6) is 5.75 Å². The molecule has 0 radical (unpaired) electrons. The van der Waals surface area contributed by atoms with Crippen molar-refractivity contribution in [2.24, 2.45) is 0 Å². The fourth-order valence-corrected chi connectivity index (χ4v) is 4.26. The van der Waals surface area contributed by atoms with Crippen molar-refractivity contribution in [3.05, 3.63) is 53.6 Å². The highest BCUT2D eigenvalue weighted by atomic mass is 32.2. The van der Waals surface area contributed by atoms with Crippen LogP contribution < -0.4 is 14.4 Å². The summed E-state index contributed by atoms with van der Waals surface area (Å²) in [5.74, 6) is 0.451. The van der Waals surface area contributed by atoms with Gasteiger partial charge in [-0.2, -0.15) is 0 Å². The topological polar surface area (TPSA) is 75.7 Å². The Labute approximate surface area is 160 Å². The molecule has 0 atom stereocenters. The molecule has 0 spiro atoms. The summed E-state index contributed by atoms with van der Waals surface area (Å²) in [7, 11) is -3.29. The van der Waals surface area contributed by atoms with Gasteiger partial charge in [-0.15, -0.1) is 0 Å². The Morgan fingerprint density at radius 1 is 1.19 bits per heavy atom. The fraction of sp³-hybridized carbons (Fsp3) is 0.350. The summed E-state index contributed by atoms with van der Waals surface area (Å²) in [6, 6.07) is 12.8. The summed E-state index contributed by atoms with van der Waals surface area (Å²) in [6.07, 6.45) is 1.55. The lowest BCUT2D eigenvalue weighted by molar-refractivity contribution is -0.118. The summed E-state index contributed by atoms with van der Waals surface area (Å²) >= 11 is 0. The molecule has 27 heavy (non-hydrogen) atoms. The van der Waals surface area contributed by atoms with E-state index in [1.54, 1.807) is 19.1 Å². The van der Waals surface area contributed by atoms with Crippen molar-refractivity contribution in [3.8, 4) is 5.75 Å². The van der Waals surface area contributed by atoms with E-state index < -0.39 is 10.0 Å². The van der Waals surface area contributed by atoms with Gasteiger partial charge in [0.2, 0.25) is 10.0 Å². The van der Waals surface area contributed by atoms with E-state index in [0.717, 1.165) is 24.0 Å². The van der Waals surface area contributed by atoms with Crippen molar-refractivity contribution < 1.29 is 17.9 Å². The highest BCUT2D eigenvalue weighted by molar-refractivity contribution is 7.92. The van der Waals surface area contributed by atoms with Gasteiger partial charge in [0.15, 0.2) is 6.61 Å². The first-order valence-corrected chi connectivity index (χ1v) is 10.6. The fourth-order valence-electron chi connectivity index (χ4n) is 3.07. The maximum Gasteiger partial charge on any atom is 0.262 e. The number of benzene rings is 2. The first-order valence-electron chi connectivity index (χ1n) is 9.01. The average Bonchev–Trinajstić information content (AvgIpc) is 2.67. The number of hydrogen-bond acceptors (Lipinski definition) is 4. The van der Waals surface area contributed by atoms with Crippen molar-refractivity contribution in [1.82, 2.24) is 0 Å². The molecule has 144 valence electrons. The molecule has 1 heterocycles. The third-order valence-corrected chi connectivity index (χ3v) is 6.31. The van der Waals surface area contributed by atoms with Crippen LogP contribution in [0.3, 0.4) is 0 Å². The largest absolute Gasteiger partial charge is 0.484 e. The van der Waals surface area contributed by atoms with Crippen LogP contribution in [0, 0.1) is 6.92 Å². The molecular weight excluding hydrogens is 364 g/mol. The zero-order valence-electron chi connectivity index (χ0n) is 15.6. The van der Waals surface area contributed by atoms with E-state index in [0.29, 0.717) is 23.7 Å². The minimum atomic E-state index is -3.29. The zero-order chi connectivity index (χ0) is 19.4. The lowest BCUT2D eigenvalue weighted by Crippen LogP contribution is -2.36. The van der Waals surface area contributed by atoms with Crippen LogP contribution in [0.25, 0.3) is 0 Å². The van der Waals surface area contributed by atoms with Crippen LogP contribution in [0.15, 0.2) is 42.5 Å². The first kappa shape index (κ1) is 19.2. The van der Waals surface area contributed by atoms with E-state index >= 15 is 0 Å². The third-order valence-electron chi connectivity index (χ3n) is 4.53. The second-order valence-corrected chi connectivity index (χ2v) is 8.75. The SMILES string of the molecule is CCS(=O)(=O)N1CCCc2cc(NC(=O)COc3ccc(C)cc3)ccc21. The van der Waals surface area contributed by atoms with E-state index in [2.05, 4.69) is 5.32 Å². The molecule has 0 unspecified atom stereocenters. The van der Waals surface area contributed by atoms with Gasteiger partial charge in [-0.05, 0) is 62.6 Å². The number of nitrogens with one attached hydrogen (secondary N) is 1. The second kappa shape index (κ2) is 8.00. The Hall–Kier alpha value is -2.54. The van der Waals surface area contributed by atoms with E-state index in [1.165, 1.54) is 4.31 Å². The number of sulfonamides is 1. The Bertz CT molecular complexity index is 923. The van der Waals surface area contributed by atoms with Gasteiger partial charge >= 0.3 is 0 Å². The Kier molecular flexibility index (Phi) is 5.70. The molecule has 0 fully saturated rings. The summed E-state index contributed by atoms with van der Waals surface area (Å²) in [4.78, 5) is 12.1. The molecule has 3 rings (SSSR count). The Morgan fingerprint density at radius 2 is 1.93 bits per heavy atom. The number of aryl methyl sites for hydroxylation is 2. The molecule has 0 aliphatic carbocycles. The quantitative estimate of drug-likeness (QED) is 0.825. The lowest BCUT2D eigenvalue weighted by Gasteiger charge is -2.30. The molecule has 1 N–H and O–H groups in total. The molecule has 1 aliphatic heterocycles. The first-order chi connectivity index (χ1) is 12.9. The van der Waals surface area contributed by atoms with Crippen molar-refractivity contribution >= 4 is 27.3 Å². The number of hydrogen-bond donors (Lipinski definition) is 1. The monoisotopic (exact) mass is 388 g/mol. The summed E-state index contributed by atoms with van der Waals surface area (Å²) in [6.45, 7) is 4.04. The van der Waals surface area contributed by atoms with E-state index in [-0.39, 0.29) is 18.3 Å². The molecule has 1 amide bonds. The maximum atomic E-state index is 12.3. The normalized spacial score (nSPS) is 13.8. The average molecular weight is 388 g/mol. The number of anilines is 2. The van der Waals surface area contributed by atoms with Crippen LogP contribution in [0.4, 0.5) is 11.4 Å². The van der Waals surface area contributed by atoms with Gasteiger partial charge in [0.1, 0.15) is 5.75 Å². The van der Waals surface area contributed by atoms with Gasteiger partial charge < -0.3 is 10.1 Å². The van der Waals surface area contributed by atoms with Crippen molar-refractivity contribution in [3.63, 3.8) is 0 Å². The number of fused-ring (bicyclic) bond motifs is 1. The van der Waals surface area contributed by atoms with Gasteiger partial charge in [0.25, 0.3) is 5.91 Å². The molecule has 6 nitrogen and oxygen atoms in total. The van der Waals surface area contributed by atoms with Crippen LogP contribution in [-0.2, 0) is 21.2 Å². The van der Waals surface area contributed by atoms with E-state index in [9.17, 15) is 13.2 Å². The van der Waals surface area contributed by atoms with Gasteiger partial charge in [0, 0.05) is 12.2 Å². The molecule has 7 heteroatoms. The molecule has 0 aromatic heterocycles. The Balaban J connectivity index is 1.66. The van der Waals surface area contributed by atoms with Crippen LogP contribution in [-0.4, -0.2) is 33.2 Å². The lowest BCUT2D eigenvalue weighted by atomic mass is 10.0. The minimum absolute atomic E-state index is 0.0707. The number of ether oxygens (including phenoxy) is 1. The third kappa shape index (κ3) is 4.60. The summed E-state index contributed by atoms with van der Waals surface area (Å²) in [5.41, 5.74) is 3.40. The Morgan fingerprint density at radius 3 is 2.63 bits per heavy atom. The second-order valence-electron chi connectivity index (χ2n) is 6.57. The molecule has 0 bridgehead atoms. The smallest absolute Gasteiger partial charge is 0.262 e. The maximum absolute atomic E-state index is 12.3. The van der Waals surface area contributed by atoms with Crippen molar-refractivity contribution in [2.45, 2.75) is 26.7 Å². The number of nitrogens with zero attached hydrogens (tertiary/aromatic N) is 1. The molecular formula is C20H24N2O4S. The highest BCUT2D eigenvalue weighted by Crippen LogP contribution is 2.31. The summed E-state index contributed by atoms with van der Waals surface area (Å²) < 4.78 is 31.5. The van der Waals surface area contributed by atoms with Crippen molar-refractivity contribution in [1.29, 1.82) is 0 Å². The van der Waals surface area contributed by atoms with Gasteiger partial charge in [-0.1, -0.05) is 17.7 Å². The highest BCUT2D eigenvalue weighted by Gasteiger charge is 2.26.